The number of hydrazone groups is 1. The van der Waals surface area contributed by atoms with Gasteiger partial charge in [-0.15, -0.1) is 0 Å². The molecule has 0 radical (unpaired) electrons. The van der Waals surface area contributed by atoms with Crippen LogP contribution in [0.15, 0.2) is 23.3 Å². The second-order valence-electron chi connectivity index (χ2n) is 11.0. The number of rotatable bonds is 6. The number of amides is 1. The van der Waals surface area contributed by atoms with Crippen molar-refractivity contribution in [2.75, 3.05) is 13.7 Å². The van der Waals surface area contributed by atoms with E-state index in [1.165, 1.54) is 32.2 Å². The van der Waals surface area contributed by atoms with Crippen molar-refractivity contribution in [2.24, 2.45) is 10.8 Å². The molecule has 14 heteroatoms. The van der Waals surface area contributed by atoms with Crippen molar-refractivity contribution >= 4 is 23.2 Å². The lowest BCUT2D eigenvalue weighted by atomic mass is 9.72. The van der Waals surface area contributed by atoms with Gasteiger partial charge >= 0.3 is 0 Å². The topological polar surface area (TPSA) is 230 Å². The quantitative estimate of drug-likeness (QED) is 0.112. The molecule has 0 saturated carbocycles. The van der Waals surface area contributed by atoms with Gasteiger partial charge in [-0.1, -0.05) is 12.1 Å². The maximum Gasteiger partial charge on any atom is 0.265 e. The monoisotopic (exact) mass is 599 g/mol. The number of nitrogens with two attached hydrogens (primary N) is 1. The molecular weight excluding hydrogens is 566 g/mol. The average molecular weight is 600 g/mol. The van der Waals surface area contributed by atoms with Gasteiger partial charge in [-0.3, -0.25) is 14.4 Å². The number of phenolic OH excluding ortho intramolecular Hbond substituents is 2. The molecular formula is C29H33N3O11. The van der Waals surface area contributed by atoms with E-state index in [0.29, 0.717) is 0 Å². The number of carbonyl (C=O) groups is 3. The SMILES string of the molecule is COc1cccc2c1C(=O)c1c(O)c3c(c(O)c1C2=O)C[C@@](O)(/C(C)=N/NC(=O)CO)C[C@H]3O[C@H]1C[C@@H](N)[C@@H](O)[C@@H](C)O1. The number of benzene rings is 2. The Labute approximate surface area is 245 Å². The largest absolute Gasteiger partial charge is 0.507 e. The first-order valence-corrected chi connectivity index (χ1v) is 13.6. The first kappa shape index (κ1) is 30.5. The van der Waals surface area contributed by atoms with E-state index in [-0.39, 0.29) is 46.6 Å². The van der Waals surface area contributed by atoms with Crippen LogP contribution in [0.2, 0.25) is 0 Å². The number of aliphatic hydroxyl groups excluding tert-OH is 2. The number of hydrogen-bond acceptors (Lipinski definition) is 13. The summed E-state index contributed by atoms with van der Waals surface area (Å²) in [5.74, 6) is -3.49. The molecule has 5 rings (SSSR count). The Morgan fingerprint density at radius 2 is 1.88 bits per heavy atom. The van der Waals surface area contributed by atoms with E-state index >= 15 is 0 Å². The second kappa shape index (κ2) is 11.3. The fourth-order valence-corrected chi connectivity index (χ4v) is 5.95. The highest BCUT2D eigenvalue weighted by molar-refractivity contribution is 6.31. The summed E-state index contributed by atoms with van der Waals surface area (Å²) in [6, 6.07) is 3.69. The van der Waals surface area contributed by atoms with Crippen LogP contribution < -0.4 is 15.9 Å². The lowest BCUT2D eigenvalue weighted by Gasteiger charge is -2.42. The molecule has 1 aliphatic heterocycles. The van der Waals surface area contributed by atoms with Crippen molar-refractivity contribution in [3.63, 3.8) is 0 Å². The molecule has 0 aromatic heterocycles. The summed E-state index contributed by atoms with van der Waals surface area (Å²) in [5, 5.41) is 58.1. The molecule has 230 valence electrons. The fraction of sp³-hybridized carbons (Fsp3) is 0.448. The molecule has 2 aromatic carbocycles. The first-order valence-electron chi connectivity index (χ1n) is 13.6. The van der Waals surface area contributed by atoms with Crippen molar-refractivity contribution in [2.45, 2.75) is 69.4 Å². The van der Waals surface area contributed by atoms with Crippen molar-refractivity contribution in [1.29, 1.82) is 0 Å². The van der Waals surface area contributed by atoms with Crippen molar-refractivity contribution < 1.29 is 54.1 Å². The van der Waals surface area contributed by atoms with Crippen LogP contribution in [0.3, 0.4) is 0 Å². The van der Waals surface area contributed by atoms with Crippen LogP contribution >= 0.6 is 0 Å². The zero-order valence-corrected chi connectivity index (χ0v) is 23.7. The fourth-order valence-electron chi connectivity index (χ4n) is 5.95. The number of phenols is 2. The second-order valence-corrected chi connectivity index (χ2v) is 11.0. The van der Waals surface area contributed by atoms with E-state index in [0.717, 1.165) is 0 Å². The highest BCUT2D eigenvalue weighted by Gasteiger charge is 2.49. The maximum absolute atomic E-state index is 13.8. The van der Waals surface area contributed by atoms with Crippen LogP contribution in [0.25, 0.3) is 0 Å². The number of fused-ring (bicyclic) bond motifs is 3. The van der Waals surface area contributed by atoms with Crippen LogP contribution in [0.5, 0.6) is 17.2 Å². The number of nitrogens with one attached hydrogen (secondary N) is 1. The third kappa shape index (κ3) is 5.05. The third-order valence-corrected chi connectivity index (χ3v) is 8.31. The van der Waals surface area contributed by atoms with Gasteiger partial charge in [0, 0.05) is 42.0 Å². The molecule has 1 heterocycles. The normalized spacial score (nSPS) is 28.5. The number of ketones is 2. The van der Waals surface area contributed by atoms with Crippen molar-refractivity contribution in [1.82, 2.24) is 5.43 Å². The van der Waals surface area contributed by atoms with E-state index in [1.807, 2.05) is 0 Å². The highest BCUT2D eigenvalue weighted by Crippen LogP contribution is 2.52. The summed E-state index contributed by atoms with van der Waals surface area (Å²) in [6.45, 7) is 2.15. The predicted octanol–water partition coefficient (Wildman–Crippen LogP) is -0.0757. The lowest BCUT2D eigenvalue weighted by Crippen LogP contribution is -2.52. The van der Waals surface area contributed by atoms with Crippen LogP contribution in [0, 0.1) is 0 Å². The summed E-state index contributed by atoms with van der Waals surface area (Å²) in [5.41, 5.74) is 5.10. The van der Waals surface area contributed by atoms with Gasteiger partial charge in [0.2, 0.25) is 5.78 Å². The van der Waals surface area contributed by atoms with Gasteiger partial charge in [-0.25, -0.2) is 5.43 Å². The molecule has 6 atom stereocenters. The lowest BCUT2D eigenvalue weighted by molar-refractivity contribution is -0.245. The molecule has 1 saturated heterocycles. The van der Waals surface area contributed by atoms with Gasteiger partial charge in [-0.2, -0.15) is 5.10 Å². The minimum Gasteiger partial charge on any atom is -0.507 e. The molecule has 1 amide bonds. The Morgan fingerprint density at radius 3 is 2.53 bits per heavy atom. The molecule has 2 aromatic rings. The van der Waals surface area contributed by atoms with E-state index in [9.17, 15) is 34.8 Å². The third-order valence-electron chi connectivity index (χ3n) is 8.31. The molecule has 14 nitrogen and oxygen atoms in total. The van der Waals surface area contributed by atoms with Gasteiger partial charge in [-0.05, 0) is 19.9 Å². The standard InChI is InChI=1S/C29H33N3O11/c1-11-24(35)15(30)7-19(42-11)43-17-9-29(40,12(2)31-32-18(34)10-33)8-14-21(17)28(39)23-22(26(14)37)25(36)13-5-4-6-16(41-3)20(13)27(23)38/h4-6,11,15,17,19,24,33,35,37,39-40H,7-10,30H2,1-3H3,(H,32,34)/b31-12+/t11-,15-,17-,19+,24+,29+/m1/s1. The van der Waals surface area contributed by atoms with Gasteiger partial charge in [0.1, 0.15) is 29.5 Å². The Hall–Kier alpha value is -3.92. The predicted molar refractivity (Wildman–Crippen MR) is 148 cm³/mol. The summed E-state index contributed by atoms with van der Waals surface area (Å²) in [6.07, 6.45) is -4.64. The average Bonchev–Trinajstić information content (AvgIpc) is 2.98. The van der Waals surface area contributed by atoms with Gasteiger partial charge in [0.25, 0.3) is 5.91 Å². The molecule has 8 N–H and O–H groups in total. The molecule has 43 heavy (non-hydrogen) atoms. The van der Waals surface area contributed by atoms with E-state index in [1.54, 1.807) is 6.92 Å². The van der Waals surface area contributed by atoms with Crippen LogP contribution in [0.4, 0.5) is 0 Å². The Morgan fingerprint density at radius 1 is 1.19 bits per heavy atom. The smallest absolute Gasteiger partial charge is 0.265 e. The zero-order valence-electron chi connectivity index (χ0n) is 23.7. The summed E-state index contributed by atoms with van der Waals surface area (Å²) < 4.78 is 17.3. The van der Waals surface area contributed by atoms with Gasteiger partial charge in [0.05, 0.1) is 47.8 Å². The minimum absolute atomic E-state index is 0.0345. The zero-order chi connectivity index (χ0) is 31.4. The number of methoxy groups -OCH3 is 1. The van der Waals surface area contributed by atoms with Crippen LogP contribution in [0.1, 0.15) is 75.8 Å². The Kier molecular flexibility index (Phi) is 8.02. The number of hydrogen-bond donors (Lipinski definition) is 7. The molecule has 0 unspecified atom stereocenters. The van der Waals surface area contributed by atoms with E-state index in [4.69, 9.17) is 25.1 Å². The maximum atomic E-state index is 13.8. The number of nitrogens with zero attached hydrogens (tertiary/aromatic N) is 1. The Bertz CT molecular complexity index is 1530. The number of ether oxygens (including phenoxy) is 3. The van der Waals surface area contributed by atoms with Gasteiger partial charge < -0.3 is 45.5 Å². The van der Waals surface area contributed by atoms with Crippen LogP contribution in [-0.2, 0) is 20.7 Å². The molecule has 0 spiro atoms. The summed E-state index contributed by atoms with van der Waals surface area (Å²) >= 11 is 0. The number of aromatic hydroxyl groups is 2. The summed E-state index contributed by atoms with van der Waals surface area (Å²) in [4.78, 5) is 39.1. The minimum atomic E-state index is -1.91. The number of aliphatic hydroxyl groups is 3. The first-order chi connectivity index (χ1) is 20.3. The summed E-state index contributed by atoms with van der Waals surface area (Å²) in [7, 11) is 1.33. The molecule has 3 aliphatic rings. The number of carbonyl (C=O) groups excluding carboxylic acids is 3. The Balaban J connectivity index is 1.67. The van der Waals surface area contributed by atoms with E-state index < -0.39 is 89.4 Å². The molecule has 2 aliphatic carbocycles. The molecule has 0 bridgehead atoms. The molecule has 1 fully saturated rings. The van der Waals surface area contributed by atoms with E-state index in [2.05, 4.69) is 10.5 Å². The van der Waals surface area contributed by atoms with Crippen LogP contribution in [-0.4, -0.2) is 92.6 Å². The van der Waals surface area contributed by atoms with Crippen molar-refractivity contribution in [3.8, 4) is 17.2 Å². The van der Waals surface area contributed by atoms with Crippen molar-refractivity contribution in [3.05, 3.63) is 51.6 Å². The van der Waals surface area contributed by atoms with Gasteiger partial charge in [0.15, 0.2) is 12.1 Å². The highest BCUT2D eigenvalue weighted by atomic mass is 16.7.